The van der Waals surface area contributed by atoms with E-state index in [2.05, 4.69) is 37.4 Å². The fourth-order valence-corrected chi connectivity index (χ4v) is 8.24. The average molecular weight is 637 g/mol. The van der Waals surface area contributed by atoms with Gasteiger partial charge in [-0.1, -0.05) is 30.7 Å². The lowest BCUT2D eigenvalue weighted by Crippen LogP contribution is -2.44. The summed E-state index contributed by atoms with van der Waals surface area (Å²) in [4.78, 5) is 36.0. The molecule has 2 fully saturated rings. The van der Waals surface area contributed by atoms with Crippen molar-refractivity contribution in [2.24, 2.45) is 23.0 Å². The number of ether oxygens (including phenoxy) is 3. The average Bonchev–Trinajstić information content (AvgIpc) is 3.35. The molecule has 0 aliphatic heterocycles. The molecule has 0 aromatic heterocycles. The van der Waals surface area contributed by atoms with E-state index >= 15 is 0 Å². The summed E-state index contributed by atoms with van der Waals surface area (Å²) in [5, 5.41) is 22.1. The van der Waals surface area contributed by atoms with E-state index in [1.54, 1.807) is 11.1 Å². The Balaban J connectivity index is 0.925. The molecule has 3 aliphatic rings. The number of fused-ring (bicyclic) bond motifs is 5. The van der Waals surface area contributed by atoms with E-state index < -0.39 is 28.9 Å². The first kappa shape index (κ1) is 33.9. The molecule has 2 saturated carbocycles. The highest BCUT2D eigenvalue weighted by Gasteiger charge is 2.55. The van der Waals surface area contributed by atoms with E-state index in [-0.39, 0.29) is 42.8 Å². The van der Waals surface area contributed by atoms with E-state index in [1.807, 2.05) is 0 Å². The van der Waals surface area contributed by atoms with Crippen LogP contribution in [-0.2, 0) is 30.2 Å². The number of phenols is 2. The van der Waals surface area contributed by atoms with Gasteiger partial charge in [-0.3, -0.25) is 14.4 Å². The number of Topliss-reactive ketones (excluding diaryl/α,β-unsaturated/α-hetero) is 1. The smallest absolute Gasteiger partial charge is 0.256 e. The molecule has 2 aromatic carbocycles. The van der Waals surface area contributed by atoms with E-state index in [1.165, 1.54) is 43.7 Å². The SMILES string of the molecule is Cc1ccc2c(c1)CCC1C2CCC2(C)C1CC[C@H]2OCCC(=O)CCCOCCOCC(=O)Nc1ccc(O)c(C(N)=O)c1O. The Labute approximate surface area is 271 Å². The van der Waals surface area contributed by atoms with Crippen LogP contribution in [0.3, 0.4) is 0 Å². The Morgan fingerprint density at radius 1 is 0.978 bits per heavy atom. The Hall–Kier alpha value is -3.47. The minimum atomic E-state index is -1.02. The molecular formula is C36H48N2O8. The number of anilines is 1. The standard InChI is InChI=1S/C36H48N2O8/c1-22-5-7-25-23(20-22)6-8-27-26(25)13-15-36(2)28(27)9-12-31(36)46-17-14-24(39)4-3-16-44-18-19-45-21-32(41)38-29-10-11-30(40)33(34(29)42)35(37)43/h5,7,10-11,20,26-28,31,40,42H,3-4,6,8-9,12-19,21H2,1-2H3,(H2,37,43)(H,38,41)/t26?,27?,28?,31-,36?/m1/s1. The first-order valence-electron chi connectivity index (χ1n) is 16.6. The lowest BCUT2D eigenvalue weighted by Gasteiger charge is -2.50. The molecule has 5 rings (SSSR count). The highest BCUT2D eigenvalue weighted by molar-refractivity contribution is 6.02. The minimum absolute atomic E-state index is 0.0683. The van der Waals surface area contributed by atoms with Crippen molar-refractivity contribution in [1.29, 1.82) is 0 Å². The van der Waals surface area contributed by atoms with Crippen LogP contribution >= 0.6 is 0 Å². The molecular weight excluding hydrogens is 588 g/mol. The molecule has 0 radical (unpaired) electrons. The maximum absolute atomic E-state index is 12.5. The number of nitrogens with two attached hydrogens (primary N) is 1. The van der Waals surface area contributed by atoms with Crippen LogP contribution in [-0.4, -0.2) is 66.9 Å². The summed E-state index contributed by atoms with van der Waals surface area (Å²) < 4.78 is 17.2. The zero-order valence-corrected chi connectivity index (χ0v) is 27.0. The number of ketones is 1. The van der Waals surface area contributed by atoms with Crippen molar-refractivity contribution in [2.45, 2.75) is 83.7 Å². The summed E-state index contributed by atoms with van der Waals surface area (Å²) in [5.74, 6) is -0.389. The number of aromatic hydroxyl groups is 2. The number of carbonyl (C=O) groups is 3. The fraction of sp³-hybridized carbons (Fsp3) is 0.583. The topological polar surface area (TPSA) is 157 Å². The molecule has 10 heteroatoms. The van der Waals surface area contributed by atoms with Crippen LogP contribution in [0.2, 0.25) is 0 Å². The number of benzene rings is 2. The maximum atomic E-state index is 12.5. The van der Waals surface area contributed by atoms with E-state index in [9.17, 15) is 24.6 Å². The van der Waals surface area contributed by atoms with Gasteiger partial charge >= 0.3 is 0 Å². The van der Waals surface area contributed by atoms with Gasteiger partial charge < -0.3 is 35.5 Å². The van der Waals surface area contributed by atoms with Crippen molar-refractivity contribution in [3.05, 3.63) is 52.6 Å². The third kappa shape index (κ3) is 7.56. The van der Waals surface area contributed by atoms with Gasteiger partial charge in [0.25, 0.3) is 5.91 Å². The van der Waals surface area contributed by atoms with Gasteiger partial charge in [0.2, 0.25) is 5.91 Å². The normalized spacial score (nSPS) is 24.9. The summed E-state index contributed by atoms with van der Waals surface area (Å²) in [6.45, 7) is 5.64. The Morgan fingerprint density at radius 3 is 2.59 bits per heavy atom. The Morgan fingerprint density at radius 2 is 1.78 bits per heavy atom. The summed E-state index contributed by atoms with van der Waals surface area (Å²) in [6, 6.07) is 9.45. The highest BCUT2D eigenvalue weighted by Crippen LogP contribution is 2.61. The van der Waals surface area contributed by atoms with Crippen molar-refractivity contribution in [3.63, 3.8) is 0 Å². The molecule has 5 atom stereocenters. The maximum Gasteiger partial charge on any atom is 0.256 e. The van der Waals surface area contributed by atoms with Gasteiger partial charge in [0, 0.05) is 19.4 Å². The van der Waals surface area contributed by atoms with E-state index in [4.69, 9.17) is 19.9 Å². The number of hydrogen-bond donors (Lipinski definition) is 4. The van der Waals surface area contributed by atoms with Crippen LogP contribution in [0, 0.1) is 24.2 Å². The molecule has 250 valence electrons. The second-order valence-corrected chi connectivity index (χ2v) is 13.4. The van der Waals surface area contributed by atoms with Crippen LogP contribution in [0.1, 0.15) is 91.3 Å². The number of carbonyl (C=O) groups excluding carboxylic acids is 3. The number of amides is 2. The zero-order valence-electron chi connectivity index (χ0n) is 27.0. The molecule has 0 bridgehead atoms. The van der Waals surface area contributed by atoms with Crippen LogP contribution < -0.4 is 11.1 Å². The lowest BCUT2D eigenvalue weighted by molar-refractivity contribution is -0.123. The van der Waals surface area contributed by atoms with Crippen LogP contribution in [0.15, 0.2) is 30.3 Å². The van der Waals surface area contributed by atoms with E-state index in [0.717, 1.165) is 18.4 Å². The van der Waals surface area contributed by atoms with Gasteiger partial charge in [0.05, 0.1) is 31.6 Å². The second kappa shape index (κ2) is 15.0. The number of aryl methyl sites for hydroxylation is 2. The van der Waals surface area contributed by atoms with Crippen molar-refractivity contribution >= 4 is 23.3 Å². The predicted octanol–water partition coefficient (Wildman–Crippen LogP) is 5.16. The first-order valence-corrected chi connectivity index (χ1v) is 16.6. The van der Waals surface area contributed by atoms with Crippen LogP contribution in [0.25, 0.3) is 0 Å². The number of hydrogen-bond acceptors (Lipinski definition) is 8. The summed E-state index contributed by atoms with van der Waals surface area (Å²) >= 11 is 0. The van der Waals surface area contributed by atoms with Gasteiger partial charge in [0.15, 0.2) is 5.75 Å². The first-order chi connectivity index (χ1) is 22.1. The predicted molar refractivity (Wildman–Crippen MR) is 173 cm³/mol. The largest absolute Gasteiger partial charge is 0.507 e. The molecule has 10 nitrogen and oxygen atoms in total. The van der Waals surface area contributed by atoms with Gasteiger partial charge in [-0.05, 0) is 98.3 Å². The van der Waals surface area contributed by atoms with Crippen LogP contribution in [0.5, 0.6) is 11.5 Å². The molecule has 2 amide bonds. The Kier molecular flexibility index (Phi) is 11.0. The molecule has 0 heterocycles. The zero-order chi connectivity index (χ0) is 32.8. The minimum Gasteiger partial charge on any atom is -0.507 e. The van der Waals surface area contributed by atoms with Gasteiger partial charge in [0.1, 0.15) is 23.7 Å². The number of primary amides is 1. The molecule has 5 N–H and O–H groups in total. The molecule has 46 heavy (non-hydrogen) atoms. The molecule has 3 aliphatic carbocycles. The number of rotatable bonds is 15. The highest BCUT2D eigenvalue weighted by atomic mass is 16.5. The van der Waals surface area contributed by atoms with Crippen molar-refractivity contribution in [1.82, 2.24) is 0 Å². The summed E-state index contributed by atoms with van der Waals surface area (Å²) in [7, 11) is 0. The van der Waals surface area contributed by atoms with Crippen molar-refractivity contribution in [3.8, 4) is 11.5 Å². The second-order valence-electron chi connectivity index (χ2n) is 13.4. The van der Waals surface area contributed by atoms with Gasteiger partial charge in [-0.25, -0.2) is 0 Å². The fourth-order valence-electron chi connectivity index (χ4n) is 8.24. The summed E-state index contributed by atoms with van der Waals surface area (Å²) in [6.07, 6.45) is 8.90. The monoisotopic (exact) mass is 636 g/mol. The van der Waals surface area contributed by atoms with Crippen molar-refractivity contribution < 1.29 is 38.8 Å². The quantitative estimate of drug-likeness (QED) is 0.119. The third-order valence-corrected chi connectivity index (χ3v) is 10.5. The molecule has 4 unspecified atom stereocenters. The number of nitrogens with one attached hydrogen (secondary N) is 1. The lowest BCUT2D eigenvalue weighted by atomic mass is 9.55. The van der Waals surface area contributed by atoms with Crippen LogP contribution in [0.4, 0.5) is 5.69 Å². The molecule has 2 aromatic rings. The molecule has 0 saturated heterocycles. The summed E-state index contributed by atoms with van der Waals surface area (Å²) in [5.41, 5.74) is 9.31. The van der Waals surface area contributed by atoms with Gasteiger partial charge in [-0.15, -0.1) is 0 Å². The van der Waals surface area contributed by atoms with Gasteiger partial charge in [-0.2, -0.15) is 0 Å². The van der Waals surface area contributed by atoms with E-state index in [0.29, 0.717) is 44.3 Å². The van der Waals surface area contributed by atoms with Crippen molar-refractivity contribution in [2.75, 3.05) is 38.4 Å². The Bertz CT molecular complexity index is 1430. The third-order valence-electron chi connectivity index (χ3n) is 10.5. The molecule has 0 spiro atoms.